The summed E-state index contributed by atoms with van der Waals surface area (Å²) in [5.74, 6) is 0. The quantitative estimate of drug-likeness (QED) is 0.687. The summed E-state index contributed by atoms with van der Waals surface area (Å²) >= 11 is 0. The van der Waals surface area contributed by atoms with E-state index in [2.05, 4.69) is 48.4 Å². The highest BCUT2D eigenvalue weighted by Gasteiger charge is 2.18. The van der Waals surface area contributed by atoms with Crippen LogP contribution in [0.3, 0.4) is 0 Å². The van der Waals surface area contributed by atoms with Gasteiger partial charge in [-0.2, -0.15) is 0 Å². The first kappa shape index (κ1) is 16.7. The number of nitrogens with zero attached hydrogens (tertiary/aromatic N) is 2. The SMILES string of the molecule is CC(C)(CNCc1ccccc1)COCc1cn2ccccc2n1. The first-order valence-electron chi connectivity index (χ1n) is 8.37. The van der Waals surface area contributed by atoms with Gasteiger partial charge in [-0.15, -0.1) is 0 Å². The van der Waals surface area contributed by atoms with E-state index in [-0.39, 0.29) is 5.41 Å². The zero-order valence-electron chi connectivity index (χ0n) is 14.4. The van der Waals surface area contributed by atoms with Gasteiger partial charge in [-0.3, -0.25) is 0 Å². The number of hydrogen-bond acceptors (Lipinski definition) is 3. The van der Waals surface area contributed by atoms with E-state index < -0.39 is 0 Å². The lowest BCUT2D eigenvalue weighted by Crippen LogP contribution is -2.33. The third kappa shape index (κ3) is 4.66. The molecule has 3 rings (SSSR count). The second-order valence-electron chi connectivity index (χ2n) is 6.94. The highest BCUT2D eigenvalue weighted by molar-refractivity contribution is 5.39. The van der Waals surface area contributed by atoms with Crippen molar-refractivity contribution in [2.24, 2.45) is 5.41 Å². The van der Waals surface area contributed by atoms with E-state index in [9.17, 15) is 0 Å². The minimum Gasteiger partial charge on any atom is -0.374 e. The van der Waals surface area contributed by atoms with Gasteiger partial charge < -0.3 is 14.5 Å². The molecule has 4 heteroatoms. The largest absolute Gasteiger partial charge is 0.374 e. The van der Waals surface area contributed by atoms with Gasteiger partial charge in [-0.25, -0.2) is 4.98 Å². The molecule has 0 bridgehead atoms. The maximum atomic E-state index is 5.90. The van der Waals surface area contributed by atoms with Crippen molar-refractivity contribution in [3.05, 3.63) is 72.2 Å². The number of benzene rings is 1. The molecule has 0 spiro atoms. The Kier molecular flexibility index (Phi) is 5.28. The average molecular weight is 323 g/mol. The van der Waals surface area contributed by atoms with Gasteiger partial charge in [0.05, 0.1) is 18.9 Å². The lowest BCUT2D eigenvalue weighted by Gasteiger charge is -2.24. The van der Waals surface area contributed by atoms with Crippen LogP contribution in [0.5, 0.6) is 0 Å². The number of ether oxygens (including phenoxy) is 1. The first-order valence-corrected chi connectivity index (χ1v) is 8.37. The molecule has 3 aromatic rings. The average Bonchev–Trinajstić information content (AvgIpc) is 2.98. The lowest BCUT2D eigenvalue weighted by atomic mass is 9.95. The molecular formula is C20H25N3O. The van der Waals surface area contributed by atoms with Crippen LogP contribution in [0.2, 0.25) is 0 Å². The summed E-state index contributed by atoms with van der Waals surface area (Å²) in [6.07, 6.45) is 4.03. The first-order chi connectivity index (χ1) is 11.6. The van der Waals surface area contributed by atoms with Crippen LogP contribution in [0.25, 0.3) is 5.65 Å². The van der Waals surface area contributed by atoms with E-state index >= 15 is 0 Å². The molecule has 0 aliphatic rings. The van der Waals surface area contributed by atoms with E-state index in [4.69, 9.17) is 4.74 Å². The summed E-state index contributed by atoms with van der Waals surface area (Å²) in [6.45, 7) is 7.47. The molecule has 0 fully saturated rings. The molecule has 2 aromatic heterocycles. The van der Waals surface area contributed by atoms with Gasteiger partial charge in [0, 0.05) is 30.9 Å². The van der Waals surface area contributed by atoms with E-state index in [0.29, 0.717) is 13.2 Å². The van der Waals surface area contributed by atoms with Crippen molar-refractivity contribution in [3.8, 4) is 0 Å². The molecule has 1 aromatic carbocycles. The monoisotopic (exact) mass is 323 g/mol. The maximum absolute atomic E-state index is 5.90. The van der Waals surface area contributed by atoms with Crippen LogP contribution in [0.4, 0.5) is 0 Å². The molecule has 24 heavy (non-hydrogen) atoms. The van der Waals surface area contributed by atoms with Crippen molar-refractivity contribution in [2.45, 2.75) is 27.0 Å². The van der Waals surface area contributed by atoms with Crippen molar-refractivity contribution >= 4 is 5.65 Å². The molecule has 2 heterocycles. The van der Waals surface area contributed by atoms with Crippen LogP contribution in [-0.4, -0.2) is 22.5 Å². The van der Waals surface area contributed by atoms with Gasteiger partial charge in [0.25, 0.3) is 0 Å². The second-order valence-corrected chi connectivity index (χ2v) is 6.94. The third-order valence-corrected chi connectivity index (χ3v) is 3.93. The zero-order chi connectivity index (χ0) is 16.8. The maximum Gasteiger partial charge on any atom is 0.137 e. The number of aromatic nitrogens is 2. The lowest BCUT2D eigenvalue weighted by molar-refractivity contribution is 0.0496. The smallest absolute Gasteiger partial charge is 0.137 e. The third-order valence-electron chi connectivity index (χ3n) is 3.93. The number of hydrogen-bond donors (Lipinski definition) is 1. The molecule has 0 amide bonds. The second kappa shape index (κ2) is 7.60. The summed E-state index contributed by atoms with van der Waals surface area (Å²) in [5, 5.41) is 3.51. The predicted molar refractivity (Wildman–Crippen MR) is 96.8 cm³/mol. The number of nitrogens with one attached hydrogen (secondary N) is 1. The Morgan fingerprint density at radius 3 is 2.67 bits per heavy atom. The van der Waals surface area contributed by atoms with Crippen LogP contribution in [0.1, 0.15) is 25.1 Å². The van der Waals surface area contributed by atoms with Gasteiger partial charge in [0.2, 0.25) is 0 Å². The summed E-state index contributed by atoms with van der Waals surface area (Å²) in [7, 11) is 0. The van der Waals surface area contributed by atoms with E-state index in [1.807, 2.05) is 41.1 Å². The molecule has 0 atom stereocenters. The Balaban J connectivity index is 1.42. The molecule has 4 nitrogen and oxygen atoms in total. The van der Waals surface area contributed by atoms with Gasteiger partial charge in [0.1, 0.15) is 5.65 Å². The Morgan fingerprint density at radius 1 is 1.08 bits per heavy atom. The standard InChI is InChI=1S/C20H25N3O/c1-20(2,15-21-12-17-8-4-3-5-9-17)16-24-14-18-13-23-11-7-6-10-19(23)22-18/h3-11,13,21H,12,14-16H2,1-2H3. The van der Waals surface area contributed by atoms with Crippen LogP contribution in [-0.2, 0) is 17.9 Å². The van der Waals surface area contributed by atoms with Gasteiger partial charge in [0.15, 0.2) is 0 Å². The summed E-state index contributed by atoms with van der Waals surface area (Å²) in [4.78, 5) is 4.56. The fourth-order valence-electron chi connectivity index (χ4n) is 2.68. The Hall–Kier alpha value is -2.17. The van der Waals surface area contributed by atoms with Crippen molar-refractivity contribution < 1.29 is 4.74 Å². The Bertz CT molecular complexity index is 732. The molecule has 0 aliphatic carbocycles. The van der Waals surface area contributed by atoms with Gasteiger partial charge in [-0.1, -0.05) is 50.2 Å². The normalized spacial score (nSPS) is 11.9. The van der Waals surface area contributed by atoms with Gasteiger partial charge >= 0.3 is 0 Å². The van der Waals surface area contributed by atoms with E-state index in [1.165, 1.54) is 5.56 Å². The Morgan fingerprint density at radius 2 is 1.88 bits per heavy atom. The number of rotatable bonds is 8. The van der Waals surface area contributed by atoms with Crippen molar-refractivity contribution in [1.29, 1.82) is 0 Å². The zero-order valence-corrected chi connectivity index (χ0v) is 14.4. The minimum absolute atomic E-state index is 0.0773. The van der Waals surface area contributed by atoms with Crippen molar-refractivity contribution in [2.75, 3.05) is 13.2 Å². The number of imidazole rings is 1. The van der Waals surface area contributed by atoms with Crippen LogP contribution in [0, 0.1) is 5.41 Å². The van der Waals surface area contributed by atoms with Crippen LogP contribution < -0.4 is 5.32 Å². The molecule has 0 saturated carbocycles. The van der Waals surface area contributed by atoms with E-state index in [1.54, 1.807) is 0 Å². The number of pyridine rings is 1. The molecule has 0 unspecified atom stereocenters. The van der Waals surface area contributed by atoms with Crippen LogP contribution >= 0.6 is 0 Å². The molecule has 1 N–H and O–H groups in total. The molecule has 0 radical (unpaired) electrons. The fraction of sp³-hybridized carbons (Fsp3) is 0.350. The topological polar surface area (TPSA) is 38.6 Å². The predicted octanol–water partition coefficient (Wildman–Crippen LogP) is 3.67. The fourth-order valence-corrected chi connectivity index (χ4v) is 2.68. The van der Waals surface area contributed by atoms with Crippen molar-refractivity contribution in [3.63, 3.8) is 0 Å². The number of fused-ring (bicyclic) bond motifs is 1. The molecule has 0 aliphatic heterocycles. The minimum atomic E-state index is 0.0773. The van der Waals surface area contributed by atoms with Gasteiger partial charge in [-0.05, 0) is 17.7 Å². The van der Waals surface area contributed by atoms with E-state index in [0.717, 1.165) is 24.4 Å². The summed E-state index contributed by atoms with van der Waals surface area (Å²) in [6, 6.07) is 16.5. The summed E-state index contributed by atoms with van der Waals surface area (Å²) in [5.41, 5.74) is 3.31. The highest BCUT2D eigenvalue weighted by Crippen LogP contribution is 2.16. The van der Waals surface area contributed by atoms with Crippen LogP contribution in [0.15, 0.2) is 60.9 Å². The molecular weight excluding hydrogens is 298 g/mol. The molecule has 0 saturated heterocycles. The molecule has 126 valence electrons. The Labute approximate surface area is 143 Å². The van der Waals surface area contributed by atoms with Crippen molar-refractivity contribution in [1.82, 2.24) is 14.7 Å². The highest BCUT2D eigenvalue weighted by atomic mass is 16.5. The summed E-state index contributed by atoms with van der Waals surface area (Å²) < 4.78 is 7.92.